The van der Waals surface area contributed by atoms with Crippen LogP contribution in [-0.4, -0.2) is 188 Å². The molecule has 0 bridgehead atoms. The Balaban J connectivity index is 1.54. The molecule has 1 aliphatic rings. The van der Waals surface area contributed by atoms with Gasteiger partial charge in [-0.15, -0.1) is 0 Å². The number of hydrogen-bond acceptors (Lipinski definition) is 18. The van der Waals surface area contributed by atoms with E-state index in [4.69, 9.17) is 17.2 Å². The number of carboxylic acids is 1. The van der Waals surface area contributed by atoms with Crippen molar-refractivity contribution in [2.45, 2.75) is 166 Å². The number of unbranched alkanes of at least 4 members (excludes halogenated alkanes) is 1. The number of rotatable bonds is 23. The van der Waals surface area contributed by atoms with Gasteiger partial charge in [0.15, 0.2) is 0 Å². The summed E-state index contributed by atoms with van der Waals surface area (Å²) < 4.78 is 0. The van der Waals surface area contributed by atoms with Crippen molar-refractivity contribution in [3.05, 3.63) is 95.7 Å². The van der Waals surface area contributed by atoms with Crippen LogP contribution >= 0.6 is 21.6 Å². The first kappa shape index (κ1) is 77.8. The third kappa shape index (κ3) is 26.0. The largest absolute Gasteiger partial charge is 0.508 e. The minimum absolute atomic E-state index is 0.00472. The topological polar surface area (TPSA) is 471 Å². The number of para-hydroxylation sites is 1. The highest BCUT2D eigenvalue weighted by molar-refractivity contribution is 8.76. The molecule has 524 valence electrons. The van der Waals surface area contributed by atoms with Crippen LogP contribution in [0.15, 0.2) is 79.0 Å². The van der Waals surface area contributed by atoms with Gasteiger partial charge in [0.25, 0.3) is 0 Å². The van der Waals surface area contributed by atoms with Gasteiger partial charge >= 0.3 is 5.97 Å². The van der Waals surface area contributed by atoms with Crippen molar-refractivity contribution >= 4 is 103 Å². The number of aromatic amines is 1. The molecule has 1 saturated heterocycles. The van der Waals surface area contributed by atoms with Gasteiger partial charge in [0.2, 0.25) is 65.0 Å². The second kappa shape index (κ2) is 39.8. The van der Waals surface area contributed by atoms with Gasteiger partial charge in [0, 0.05) is 86.3 Å². The van der Waals surface area contributed by atoms with Crippen molar-refractivity contribution in [2.24, 2.45) is 23.1 Å². The number of aliphatic carboxylic acids is 1. The summed E-state index contributed by atoms with van der Waals surface area (Å²) in [6.45, 7) is 6.53. The van der Waals surface area contributed by atoms with Gasteiger partial charge in [0.05, 0.1) is 6.54 Å². The minimum atomic E-state index is -1.60. The first-order chi connectivity index (χ1) is 45.8. The lowest BCUT2D eigenvalue weighted by Crippen LogP contribution is -2.61. The van der Waals surface area contributed by atoms with Crippen LogP contribution < -0.4 is 65.1 Å². The summed E-state index contributed by atoms with van der Waals surface area (Å²) in [5.41, 5.74) is 19.6. The summed E-state index contributed by atoms with van der Waals surface area (Å²) in [5.74, 6) is -11.6. The fourth-order valence-corrected chi connectivity index (χ4v) is 12.7. The Hall–Kier alpha value is -8.94. The fraction of sp³-hybridized carbons (Fsp3) is 0.508. The van der Waals surface area contributed by atoms with Crippen LogP contribution in [0.1, 0.15) is 109 Å². The van der Waals surface area contributed by atoms with Crippen LogP contribution in [-0.2, 0) is 76.8 Å². The van der Waals surface area contributed by atoms with Gasteiger partial charge in [0.1, 0.15) is 59.8 Å². The Kier molecular flexibility index (Phi) is 32.2. The van der Waals surface area contributed by atoms with E-state index in [1.54, 1.807) is 40.0 Å². The van der Waals surface area contributed by atoms with Gasteiger partial charge in [-0.05, 0) is 112 Å². The molecule has 3 aromatic carbocycles. The predicted molar refractivity (Wildman–Crippen MR) is 362 cm³/mol. The molecule has 0 unspecified atom stereocenters. The highest BCUT2D eigenvalue weighted by Crippen LogP contribution is 2.25. The number of aromatic hydroxyl groups is 2. The number of fused-ring (bicyclic) bond motifs is 1. The zero-order chi connectivity index (χ0) is 70.4. The number of hydrogen-bond donors (Lipinski definition) is 16. The smallest absolute Gasteiger partial charge is 0.303 e. The maximum atomic E-state index is 14.9. The number of H-pyrrole nitrogens is 1. The Bertz CT molecular complexity index is 3300. The zero-order valence-electron chi connectivity index (χ0n) is 54.5. The van der Waals surface area contributed by atoms with Gasteiger partial charge in [-0.25, -0.2) is 0 Å². The number of carboxylic acid groups (broad SMARTS) is 1. The van der Waals surface area contributed by atoms with E-state index >= 15 is 0 Å². The standard InChI is InChI=1S/C65H92N14O15S2/c1-37(2)57-65(94)75-49(31-40-18-22-43(81)23-19-40)62(91)73-46(14-9-10-27-66)59(88)69-29-11-5-6-15-53(82)71-50(32-41-33-70-45-13-8-7-12-44(41)45)63(92)74-47(24-25-56(85)86)60(89)76-51(58(68)87)35-95-96-36-52(64(93)78-57)77-61(90)48(30-39-16-20-42(80)21-17-39)72-54(83)34-79(38(3)4)55(84)26-28-67/h7-8,12-13,16-23,33,37-38,46-52,57,70,80-81H,5-6,9-11,14-15,24-32,34-36,66-67H2,1-4H3,(H2,68,87)(H,69,88)(H,71,82)(H,72,83)(H,73,91)(H,74,92)(H,75,94)(H,76,89)(H,77,90)(H,78,93)(H,85,86)/t46-,47-,48-,49-,50-,51-,52-,57-/m0/s1. The van der Waals surface area contributed by atoms with Gasteiger partial charge < -0.3 is 90.3 Å². The molecule has 0 aliphatic carbocycles. The Morgan fingerprint density at radius 1 is 0.646 bits per heavy atom. The number of phenolic OH excluding ortho intramolecular Hbond substituents is 2. The van der Waals surface area contributed by atoms with Crippen molar-refractivity contribution in [1.29, 1.82) is 0 Å². The van der Waals surface area contributed by atoms with E-state index in [0.29, 0.717) is 55.3 Å². The number of aromatic nitrogens is 1. The van der Waals surface area contributed by atoms with E-state index in [9.17, 15) is 72.9 Å². The summed E-state index contributed by atoms with van der Waals surface area (Å²) in [7, 11) is 1.79. The average molecular weight is 1370 g/mol. The Morgan fingerprint density at radius 2 is 1.26 bits per heavy atom. The number of carbonyl (C=O) groups excluding carboxylic acids is 11. The maximum Gasteiger partial charge on any atom is 0.303 e. The van der Waals surface area contributed by atoms with Crippen LogP contribution in [0, 0.1) is 5.92 Å². The highest BCUT2D eigenvalue weighted by Gasteiger charge is 2.36. The van der Waals surface area contributed by atoms with Crippen molar-refractivity contribution in [2.75, 3.05) is 37.7 Å². The van der Waals surface area contributed by atoms with Gasteiger partial charge in [-0.2, -0.15) is 0 Å². The summed E-state index contributed by atoms with van der Waals surface area (Å²) in [5, 5.41) is 55.0. The van der Waals surface area contributed by atoms with E-state index in [1.165, 1.54) is 53.4 Å². The van der Waals surface area contributed by atoms with E-state index < -0.39 is 151 Å². The summed E-state index contributed by atoms with van der Waals surface area (Å²) in [6, 6.07) is 6.90. The van der Waals surface area contributed by atoms with Crippen LogP contribution in [0.5, 0.6) is 11.5 Å². The number of phenols is 2. The molecule has 1 aromatic heterocycles. The van der Waals surface area contributed by atoms with Crippen LogP contribution in [0.3, 0.4) is 0 Å². The minimum Gasteiger partial charge on any atom is -0.508 e. The molecule has 1 fully saturated rings. The number of nitrogens with one attached hydrogen (secondary N) is 10. The average Bonchev–Trinajstić information content (AvgIpc) is 1.58. The first-order valence-corrected chi connectivity index (χ1v) is 34.5. The third-order valence-corrected chi connectivity index (χ3v) is 18.2. The monoisotopic (exact) mass is 1370 g/mol. The summed E-state index contributed by atoms with van der Waals surface area (Å²) >= 11 is 0. The van der Waals surface area contributed by atoms with Crippen molar-refractivity contribution in [1.82, 2.24) is 57.7 Å². The molecule has 2 heterocycles. The zero-order valence-corrected chi connectivity index (χ0v) is 56.1. The van der Waals surface area contributed by atoms with E-state index in [0.717, 1.165) is 32.5 Å². The number of amides is 11. The molecule has 19 N–H and O–H groups in total. The number of nitrogens with two attached hydrogens (primary N) is 3. The number of nitrogens with zero attached hydrogens (tertiary/aromatic N) is 1. The van der Waals surface area contributed by atoms with Crippen molar-refractivity contribution in [3.8, 4) is 11.5 Å². The number of benzene rings is 3. The van der Waals surface area contributed by atoms with Gasteiger partial charge in [-0.1, -0.05) is 84.3 Å². The van der Waals surface area contributed by atoms with Crippen molar-refractivity contribution < 1.29 is 72.9 Å². The molecule has 0 saturated carbocycles. The Morgan fingerprint density at radius 3 is 1.89 bits per heavy atom. The molecule has 96 heavy (non-hydrogen) atoms. The lowest BCUT2D eigenvalue weighted by Gasteiger charge is -2.29. The quantitative estimate of drug-likeness (QED) is 0.0350. The molecule has 8 atom stereocenters. The lowest BCUT2D eigenvalue weighted by molar-refractivity contribution is -0.139. The molecular formula is C65H92N14O15S2. The number of primary amides is 1. The molecule has 29 nitrogen and oxygen atoms in total. The fourth-order valence-electron chi connectivity index (χ4n) is 10.3. The third-order valence-electron chi connectivity index (χ3n) is 15.7. The molecule has 11 amide bonds. The predicted octanol–water partition coefficient (Wildman–Crippen LogP) is 0.278. The van der Waals surface area contributed by atoms with Crippen LogP contribution in [0.2, 0.25) is 0 Å². The number of carbonyl (C=O) groups is 12. The SMILES string of the molecule is CC(C)[C@@H]1NC(=O)[C@@H](NC(=O)[C@H](Cc2ccc(O)cc2)NC(=O)CN(C(=O)CCN)C(C)C)CSSC[C@@H](C(N)=O)NC(=O)[C@H](CCC(=O)O)NC(=O)[C@H](Cc2c[nH]c3ccccc23)NC(=O)CCCCCNC(=O)[C@H](CCCCN)NC(=O)[C@H](Cc2ccc(O)cc2)NC1=O. The van der Waals surface area contributed by atoms with Crippen molar-refractivity contribution in [3.63, 3.8) is 0 Å². The molecular weight excluding hydrogens is 1280 g/mol. The molecule has 31 heteroatoms. The normalized spacial score (nSPS) is 20.8. The van der Waals surface area contributed by atoms with Gasteiger partial charge in [-0.3, -0.25) is 57.5 Å². The van der Waals surface area contributed by atoms with Crippen LogP contribution in [0.25, 0.3) is 10.9 Å². The second-order valence-corrected chi connectivity index (χ2v) is 26.6. The van der Waals surface area contributed by atoms with E-state index in [2.05, 4.69) is 52.8 Å². The molecule has 0 radical (unpaired) electrons. The molecule has 1 aliphatic heterocycles. The van der Waals surface area contributed by atoms with E-state index in [-0.39, 0.29) is 74.6 Å². The summed E-state index contributed by atoms with van der Waals surface area (Å²) in [4.78, 5) is 172. The lowest BCUT2D eigenvalue weighted by atomic mass is 10.00. The highest BCUT2D eigenvalue weighted by atomic mass is 33.1. The molecule has 5 rings (SSSR count). The van der Waals surface area contributed by atoms with Crippen LogP contribution in [0.4, 0.5) is 0 Å². The Labute approximate surface area is 565 Å². The molecule has 4 aromatic rings. The van der Waals surface area contributed by atoms with E-state index in [1.807, 2.05) is 18.2 Å². The maximum absolute atomic E-state index is 14.9. The first-order valence-electron chi connectivity index (χ1n) is 32.0. The second-order valence-electron chi connectivity index (χ2n) is 24.0. The molecule has 0 spiro atoms. The summed E-state index contributed by atoms with van der Waals surface area (Å²) in [6.07, 6.45) is 2.18.